The van der Waals surface area contributed by atoms with Gasteiger partial charge in [-0.2, -0.15) is 0 Å². The summed E-state index contributed by atoms with van der Waals surface area (Å²) in [6.07, 6.45) is 3.34. The third-order valence-corrected chi connectivity index (χ3v) is 9.47. The van der Waals surface area contributed by atoms with Crippen LogP contribution in [0.15, 0.2) is 9.66 Å². The summed E-state index contributed by atoms with van der Waals surface area (Å²) < 4.78 is 7.57. The number of aliphatic hydroxyl groups is 1. The highest BCUT2D eigenvalue weighted by Gasteiger charge is 2.40. The minimum absolute atomic E-state index is 0.213. The first-order chi connectivity index (χ1) is 7.17. The topological polar surface area (TPSA) is 29.5 Å². The Hall–Kier alpha value is 0.607. The van der Waals surface area contributed by atoms with Crippen LogP contribution in [0, 0.1) is 5.92 Å². The maximum Gasteiger partial charge on any atom is 0.192 e. The molecule has 2 nitrogen and oxygen atoms in total. The van der Waals surface area contributed by atoms with Crippen LogP contribution < -0.4 is 0 Å². The molecule has 1 N–H and O–H groups in total. The molecular formula is C12H23IO2Si. The summed E-state index contributed by atoms with van der Waals surface area (Å²) in [5, 5.41) is 9.48. The lowest BCUT2D eigenvalue weighted by Crippen LogP contribution is -2.43. The molecule has 0 spiro atoms. The van der Waals surface area contributed by atoms with Crippen molar-refractivity contribution < 1.29 is 9.53 Å². The number of hydrogen-bond acceptors (Lipinski definition) is 2. The molecule has 0 aliphatic heterocycles. The fourth-order valence-corrected chi connectivity index (χ4v) is 3.70. The van der Waals surface area contributed by atoms with E-state index in [0.29, 0.717) is 5.92 Å². The van der Waals surface area contributed by atoms with Gasteiger partial charge in [0.1, 0.15) is 0 Å². The van der Waals surface area contributed by atoms with E-state index in [1.54, 1.807) is 0 Å². The third kappa shape index (κ3) is 3.30. The molecule has 0 unspecified atom stereocenters. The van der Waals surface area contributed by atoms with Crippen LogP contribution in [0.25, 0.3) is 0 Å². The molecule has 0 aromatic rings. The molecule has 1 aliphatic rings. The molecule has 2 atom stereocenters. The molecule has 0 saturated heterocycles. The quantitative estimate of drug-likeness (QED) is 0.619. The van der Waals surface area contributed by atoms with E-state index in [-0.39, 0.29) is 17.7 Å². The molecule has 0 bridgehead atoms. The normalized spacial score (nSPS) is 27.1. The Morgan fingerprint density at radius 2 is 2.06 bits per heavy atom. The maximum absolute atomic E-state index is 9.22. The summed E-state index contributed by atoms with van der Waals surface area (Å²) in [5.41, 5.74) is 0. The van der Waals surface area contributed by atoms with Crippen molar-refractivity contribution in [1.82, 2.24) is 0 Å². The van der Waals surface area contributed by atoms with Crippen molar-refractivity contribution in [3.63, 3.8) is 0 Å². The van der Waals surface area contributed by atoms with Crippen LogP contribution in [-0.2, 0) is 4.43 Å². The fraction of sp³-hybridized carbons (Fsp3) is 0.833. The Bertz CT molecular complexity index is 281. The van der Waals surface area contributed by atoms with Gasteiger partial charge in [-0.05, 0) is 56.8 Å². The Morgan fingerprint density at radius 3 is 2.44 bits per heavy atom. The summed E-state index contributed by atoms with van der Waals surface area (Å²) in [5.74, 6) is 0.301. The van der Waals surface area contributed by atoms with Crippen LogP contribution in [0.1, 0.15) is 27.2 Å². The summed E-state index contributed by atoms with van der Waals surface area (Å²) >= 11 is 2.32. The van der Waals surface area contributed by atoms with Crippen molar-refractivity contribution in [3.8, 4) is 0 Å². The van der Waals surface area contributed by atoms with Crippen LogP contribution in [0.3, 0.4) is 0 Å². The molecular weight excluding hydrogens is 331 g/mol. The fourth-order valence-electron chi connectivity index (χ4n) is 1.57. The summed E-state index contributed by atoms with van der Waals surface area (Å²) in [6, 6.07) is 0. The van der Waals surface area contributed by atoms with Crippen LogP contribution in [0.4, 0.5) is 0 Å². The maximum atomic E-state index is 9.22. The summed E-state index contributed by atoms with van der Waals surface area (Å²) in [7, 11) is -1.67. The Labute approximate surface area is 114 Å². The molecule has 16 heavy (non-hydrogen) atoms. The van der Waals surface area contributed by atoms with Crippen molar-refractivity contribution in [2.45, 2.75) is 51.4 Å². The molecule has 0 fully saturated rings. The van der Waals surface area contributed by atoms with E-state index in [9.17, 15) is 5.11 Å². The van der Waals surface area contributed by atoms with Gasteiger partial charge in [0.25, 0.3) is 0 Å². The first-order valence-corrected chi connectivity index (χ1v) is 9.82. The standard InChI is InChI=1S/C12H23IO2Si/c1-12(2,3)16(4,5)15-10-6-9(8-14)11(13)7-10/h7,9-10,14H,6,8H2,1-5H3/t9-,10+/m1/s1. The van der Waals surface area contributed by atoms with Crippen molar-refractivity contribution >= 4 is 30.9 Å². The zero-order valence-electron chi connectivity index (χ0n) is 10.9. The predicted molar refractivity (Wildman–Crippen MR) is 79.4 cm³/mol. The van der Waals surface area contributed by atoms with Gasteiger partial charge in [0.2, 0.25) is 0 Å². The third-order valence-electron chi connectivity index (χ3n) is 3.72. The van der Waals surface area contributed by atoms with Gasteiger partial charge in [-0.1, -0.05) is 20.8 Å². The molecule has 94 valence electrons. The van der Waals surface area contributed by atoms with E-state index in [1.807, 2.05) is 0 Å². The van der Waals surface area contributed by atoms with E-state index in [0.717, 1.165) is 6.42 Å². The monoisotopic (exact) mass is 354 g/mol. The molecule has 1 rings (SSSR count). The van der Waals surface area contributed by atoms with Crippen molar-refractivity contribution in [2.24, 2.45) is 5.92 Å². The van der Waals surface area contributed by atoms with Gasteiger partial charge in [-0.25, -0.2) is 0 Å². The van der Waals surface area contributed by atoms with E-state index < -0.39 is 8.32 Å². The largest absolute Gasteiger partial charge is 0.411 e. The SMILES string of the molecule is CC(C)(C)[Si](C)(C)O[C@@H]1C=C(I)[C@@H](CO)C1. The first kappa shape index (κ1) is 14.7. The molecule has 0 aromatic heterocycles. The molecule has 4 heteroatoms. The van der Waals surface area contributed by atoms with Crippen LogP contribution >= 0.6 is 22.6 Å². The second-order valence-corrected chi connectivity index (χ2v) is 12.1. The molecule has 0 amide bonds. The van der Waals surface area contributed by atoms with Gasteiger partial charge >= 0.3 is 0 Å². The average molecular weight is 354 g/mol. The zero-order chi connectivity index (χ0) is 12.6. The predicted octanol–water partition coefficient (Wildman–Crippen LogP) is 3.71. The smallest absolute Gasteiger partial charge is 0.192 e. The highest BCUT2D eigenvalue weighted by Crippen LogP contribution is 2.40. The number of hydrogen-bond donors (Lipinski definition) is 1. The summed E-state index contributed by atoms with van der Waals surface area (Å²) in [6.45, 7) is 11.6. The summed E-state index contributed by atoms with van der Waals surface area (Å²) in [4.78, 5) is 0. The lowest BCUT2D eigenvalue weighted by atomic mass is 10.1. The zero-order valence-corrected chi connectivity index (χ0v) is 14.0. The van der Waals surface area contributed by atoms with Crippen molar-refractivity contribution in [1.29, 1.82) is 0 Å². The van der Waals surface area contributed by atoms with Gasteiger partial charge in [0.05, 0.1) is 12.7 Å². The molecule has 0 aromatic carbocycles. The highest BCUT2D eigenvalue weighted by atomic mass is 127. The van der Waals surface area contributed by atoms with Crippen LogP contribution in [0.5, 0.6) is 0 Å². The van der Waals surface area contributed by atoms with Crippen LogP contribution in [-0.4, -0.2) is 26.1 Å². The molecule has 0 radical (unpaired) electrons. The second-order valence-electron chi connectivity index (χ2n) is 6.08. The minimum Gasteiger partial charge on any atom is -0.411 e. The van der Waals surface area contributed by atoms with Gasteiger partial charge in [-0.3, -0.25) is 0 Å². The Balaban J connectivity index is 2.65. The number of rotatable bonds is 3. The second kappa shape index (κ2) is 5.08. The lowest BCUT2D eigenvalue weighted by molar-refractivity contribution is 0.184. The van der Waals surface area contributed by atoms with E-state index in [1.165, 1.54) is 3.58 Å². The minimum atomic E-state index is -1.67. The van der Waals surface area contributed by atoms with Gasteiger partial charge in [0, 0.05) is 5.92 Å². The molecule has 1 aliphatic carbocycles. The van der Waals surface area contributed by atoms with E-state index in [4.69, 9.17) is 4.43 Å². The van der Waals surface area contributed by atoms with Gasteiger partial charge < -0.3 is 9.53 Å². The van der Waals surface area contributed by atoms with E-state index >= 15 is 0 Å². The number of aliphatic hydroxyl groups excluding tert-OH is 1. The van der Waals surface area contributed by atoms with Gasteiger partial charge in [0.15, 0.2) is 8.32 Å². The molecule has 0 saturated carbocycles. The molecule has 0 heterocycles. The Kier molecular flexibility index (Phi) is 4.66. The first-order valence-electron chi connectivity index (χ1n) is 5.83. The average Bonchev–Trinajstić information content (AvgIpc) is 2.43. The van der Waals surface area contributed by atoms with Gasteiger partial charge in [-0.15, -0.1) is 0 Å². The number of halogens is 1. The van der Waals surface area contributed by atoms with Crippen LogP contribution in [0.2, 0.25) is 18.1 Å². The van der Waals surface area contributed by atoms with E-state index in [2.05, 4.69) is 62.5 Å². The highest BCUT2D eigenvalue weighted by molar-refractivity contribution is 14.1. The van der Waals surface area contributed by atoms with Crippen molar-refractivity contribution in [2.75, 3.05) is 6.61 Å². The lowest BCUT2D eigenvalue weighted by Gasteiger charge is -2.38. The Morgan fingerprint density at radius 1 is 1.50 bits per heavy atom. The van der Waals surface area contributed by atoms with Crippen molar-refractivity contribution in [3.05, 3.63) is 9.66 Å².